The third kappa shape index (κ3) is 6.99. The molecule has 0 heterocycles. The van der Waals surface area contributed by atoms with E-state index in [1.807, 2.05) is 0 Å². The van der Waals surface area contributed by atoms with Crippen LogP contribution >= 0.6 is 0 Å². The first-order chi connectivity index (χ1) is 15.3. The SMILES string of the molecule is Cc1ccccc1C(=O)N[C@@H](CNC(=O)c1ccc(OCCN=CNN)cc1O)C(=O)O. The quantitative estimate of drug-likeness (QED) is 0.0937. The summed E-state index contributed by atoms with van der Waals surface area (Å²) in [4.78, 5) is 40.2. The minimum atomic E-state index is -1.36. The molecule has 0 aliphatic heterocycles. The molecule has 2 amide bonds. The molecule has 0 aliphatic rings. The number of aliphatic carboxylic acids is 1. The van der Waals surface area contributed by atoms with Gasteiger partial charge in [-0.2, -0.15) is 0 Å². The maximum Gasteiger partial charge on any atom is 0.328 e. The average molecular weight is 443 g/mol. The van der Waals surface area contributed by atoms with Crippen molar-refractivity contribution in [2.75, 3.05) is 19.7 Å². The van der Waals surface area contributed by atoms with Crippen LogP contribution in [-0.4, -0.2) is 60.1 Å². The van der Waals surface area contributed by atoms with Gasteiger partial charge in [-0.05, 0) is 30.7 Å². The van der Waals surface area contributed by atoms with Gasteiger partial charge in [-0.25, -0.2) is 10.6 Å². The topological polar surface area (TPSA) is 175 Å². The molecular formula is C21H25N5O6. The smallest absolute Gasteiger partial charge is 0.328 e. The number of hydrogen-bond donors (Lipinski definition) is 6. The lowest BCUT2D eigenvalue weighted by molar-refractivity contribution is -0.139. The lowest BCUT2D eigenvalue weighted by Crippen LogP contribution is -2.48. The van der Waals surface area contributed by atoms with E-state index in [9.17, 15) is 24.6 Å². The Labute approximate surface area is 184 Å². The zero-order chi connectivity index (χ0) is 23.5. The number of carboxylic acid groups (broad SMARTS) is 1. The Balaban J connectivity index is 1.95. The zero-order valence-corrected chi connectivity index (χ0v) is 17.4. The number of benzene rings is 2. The molecule has 7 N–H and O–H groups in total. The van der Waals surface area contributed by atoms with Gasteiger partial charge in [0.2, 0.25) is 0 Å². The summed E-state index contributed by atoms with van der Waals surface area (Å²) in [6, 6.07) is 9.45. The number of rotatable bonds is 11. The number of nitrogens with zero attached hydrogens (tertiary/aromatic N) is 1. The number of carbonyl (C=O) groups excluding carboxylic acids is 2. The summed E-state index contributed by atoms with van der Waals surface area (Å²) >= 11 is 0. The maximum absolute atomic E-state index is 12.4. The fourth-order valence-corrected chi connectivity index (χ4v) is 2.68. The predicted octanol–water partition coefficient (Wildman–Crippen LogP) is 0.184. The highest BCUT2D eigenvalue weighted by Gasteiger charge is 2.23. The fraction of sp³-hybridized carbons (Fsp3) is 0.238. The highest BCUT2D eigenvalue weighted by Crippen LogP contribution is 2.23. The van der Waals surface area contributed by atoms with Crippen LogP contribution in [0.2, 0.25) is 0 Å². The second-order valence-corrected chi connectivity index (χ2v) is 6.62. The van der Waals surface area contributed by atoms with Crippen LogP contribution in [0.1, 0.15) is 26.3 Å². The Bertz CT molecular complexity index is 994. The Morgan fingerprint density at radius 1 is 1.16 bits per heavy atom. The second kappa shape index (κ2) is 11.9. The van der Waals surface area contributed by atoms with E-state index in [1.54, 1.807) is 31.2 Å². The third-order valence-corrected chi connectivity index (χ3v) is 4.33. The molecule has 1 atom stereocenters. The number of aryl methyl sites for hydroxylation is 1. The number of ether oxygens (including phenoxy) is 1. The number of phenols is 1. The molecule has 11 nitrogen and oxygen atoms in total. The summed E-state index contributed by atoms with van der Waals surface area (Å²) in [5, 5.41) is 24.3. The molecule has 0 aliphatic carbocycles. The molecule has 0 spiro atoms. The second-order valence-electron chi connectivity index (χ2n) is 6.62. The predicted molar refractivity (Wildman–Crippen MR) is 117 cm³/mol. The van der Waals surface area contributed by atoms with Crippen LogP contribution in [0.5, 0.6) is 11.5 Å². The lowest BCUT2D eigenvalue weighted by Gasteiger charge is -2.16. The number of carboxylic acids is 1. The van der Waals surface area contributed by atoms with E-state index >= 15 is 0 Å². The van der Waals surface area contributed by atoms with Crippen LogP contribution < -0.4 is 26.6 Å². The summed E-state index contributed by atoms with van der Waals surface area (Å²) in [6.45, 7) is 1.91. The van der Waals surface area contributed by atoms with E-state index in [1.165, 1.54) is 24.5 Å². The van der Waals surface area contributed by atoms with Gasteiger partial charge in [0.15, 0.2) is 0 Å². The number of hydrazine groups is 1. The standard InChI is InChI=1S/C21H25N5O6/c1-13-4-2-3-5-15(13)20(29)26-17(21(30)31)11-24-19(28)16-7-6-14(10-18(16)27)32-9-8-23-12-25-22/h2-7,10,12,17,27H,8-9,11,22H2,1H3,(H,23,25)(H,24,28)(H,26,29)(H,30,31)/t17-/m0/s1. The molecular weight excluding hydrogens is 418 g/mol. The normalized spacial score (nSPS) is 11.6. The van der Waals surface area contributed by atoms with Crippen molar-refractivity contribution in [3.63, 3.8) is 0 Å². The van der Waals surface area contributed by atoms with E-state index in [4.69, 9.17) is 10.6 Å². The summed E-state index contributed by atoms with van der Waals surface area (Å²) < 4.78 is 5.39. The van der Waals surface area contributed by atoms with Gasteiger partial charge in [-0.1, -0.05) is 18.2 Å². The molecule has 0 radical (unpaired) electrons. The fourth-order valence-electron chi connectivity index (χ4n) is 2.68. The van der Waals surface area contributed by atoms with Gasteiger partial charge in [0.05, 0.1) is 18.4 Å². The molecule has 0 saturated carbocycles. The minimum Gasteiger partial charge on any atom is -0.507 e. The number of amides is 2. The van der Waals surface area contributed by atoms with E-state index in [2.05, 4.69) is 21.1 Å². The number of carbonyl (C=O) groups is 3. The molecule has 170 valence electrons. The van der Waals surface area contributed by atoms with Gasteiger partial charge in [-0.15, -0.1) is 0 Å². The molecule has 2 rings (SSSR count). The van der Waals surface area contributed by atoms with Crippen LogP contribution in [0, 0.1) is 6.92 Å². The van der Waals surface area contributed by atoms with Crippen LogP contribution in [0.3, 0.4) is 0 Å². The van der Waals surface area contributed by atoms with Gasteiger partial charge < -0.3 is 31.0 Å². The van der Waals surface area contributed by atoms with Crippen LogP contribution in [0.4, 0.5) is 0 Å². The van der Waals surface area contributed by atoms with Crippen LogP contribution in [-0.2, 0) is 4.79 Å². The summed E-state index contributed by atoms with van der Waals surface area (Å²) in [5.41, 5.74) is 3.20. The highest BCUT2D eigenvalue weighted by atomic mass is 16.5. The van der Waals surface area contributed by atoms with Gasteiger partial charge >= 0.3 is 5.97 Å². The Morgan fingerprint density at radius 3 is 2.56 bits per heavy atom. The van der Waals surface area contributed by atoms with Gasteiger partial charge in [-0.3, -0.25) is 14.6 Å². The Kier molecular flexibility index (Phi) is 8.99. The summed E-state index contributed by atoms with van der Waals surface area (Å²) in [5.74, 6) is 2.43. The number of nitrogens with one attached hydrogen (secondary N) is 3. The summed E-state index contributed by atoms with van der Waals surface area (Å²) in [6.07, 6.45) is 1.31. The lowest BCUT2D eigenvalue weighted by atomic mass is 10.1. The molecule has 0 saturated heterocycles. The van der Waals surface area contributed by atoms with Crippen molar-refractivity contribution in [3.05, 3.63) is 59.2 Å². The average Bonchev–Trinajstić information content (AvgIpc) is 2.76. The van der Waals surface area contributed by atoms with E-state index in [-0.39, 0.29) is 24.5 Å². The molecule has 32 heavy (non-hydrogen) atoms. The van der Waals surface area contributed by atoms with E-state index in [0.717, 1.165) is 0 Å². The van der Waals surface area contributed by atoms with Crippen molar-refractivity contribution < 1.29 is 29.3 Å². The number of aliphatic imine (C=N–C) groups is 1. The number of phenolic OH excluding ortho intramolecular Hbond substituents is 1. The van der Waals surface area contributed by atoms with Crippen LogP contribution in [0.15, 0.2) is 47.5 Å². The number of hydrogen-bond acceptors (Lipinski definition) is 7. The third-order valence-electron chi connectivity index (χ3n) is 4.33. The zero-order valence-electron chi connectivity index (χ0n) is 17.4. The molecule has 11 heteroatoms. The Hall–Kier alpha value is -4.12. The van der Waals surface area contributed by atoms with E-state index in [0.29, 0.717) is 23.4 Å². The first-order valence-electron chi connectivity index (χ1n) is 9.61. The first-order valence-corrected chi connectivity index (χ1v) is 9.61. The molecule has 0 unspecified atom stereocenters. The van der Waals surface area contributed by atoms with Gasteiger partial charge in [0.1, 0.15) is 24.1 Å². The van der Waals surface area contributed by atoms with Crippen molar-refractivity contribution >= 4 is 24.1 Å². The van der Waals surface area contributed by atoms with E-state index < -0.39 is 23.8 Å². The van der Waals surface area contributed by atoms with Gasteiger partial charge in [0, 0.05) is 18.2 Å². The van der Waals surface area contributed by atoms with Crippen molar-refractivity contribution in [2.24, 2.45) is 10.8 Å². The molecule has 0 aromatic heterocycles. The highest BCUT2D eigenvalue weighted by molar-refractivity contribution is 5.99. The van der Waals surface area contributed by atoms with Crippen molar-refractivity contribution in [2.45, 2.75) is 13.0 Å². The first kappa shape index (κ1) is 24.2. The number of nitrogens with two attached hydrogens (primary N) is 1. The largest absolute Gasteiger partial charge is 0.507 e. The molecule has 2 aromatic rings. The minimum absolute atomic E-state index is 0.0722. The van der Waals surface area contributed by atoms with Crippen molar-refractivity contribution in [1.82, 2.24) is 16.1 Å². The molecule has 2 aromatic carbocycles. The van der Waals surface area contributed by atoms with Crippen molar-refractivity contribution in [3.8, 4) is 11.5 Å². The molecule has 0 fully saturated rings. The summed E-state index contributed by atoms with van der Waals surface area (Å²) in [7, 11) is 0. The molecule has 0 bridgehead atoms. The van der Waals surface area contributed by atoms with Crippen LogP contribution in [0.25, 0.3) is 0 Å². The van der Waals surface area contributed by atoms with Gasteiger partial charge in [0.25, 0.3) is 11.8 Å². The maximum atomic E-state index is 12.4. The monoisotopic (exact) mass is 443 g/mol. The van der Waals surface area contributed by atoms with Crippen molar-refractivity contribution in [1.29, 1.82) is 0 Å². The Morgan fingerprint density at radius 2 is 1.91 bits per heavy atom. The number of aromatic hydroxyl groups is 1.